The minimum Gasteiger partial charge on any atom is -0.480 e. The standard InChI is InChI=1S/C42H72NO9P/c1-3-5-7-9-11-13-15-17-19-20-21-22-24-26-28-30-32-34-41(44)52-39(37-50-53(47,48)51-38-40(43)42(45)46)36-49-35-33-31-29-27-25-23-18-16-14-12-10-8-6-4-2/h5,7,11,13-14,16-17,19,21-22,26,28,39-40H,3-4,6,8-10,12,15,18,20,23-25,27,29-38,43H2,1-2H3,(H,45,46)(H,47,48)/b7-5-,13-11-,16-14-,19-17-,22-21-,28-26-. The minimum atomic E-state index is -4.63. The monoisotopic (exact) mass is 765 g/mol. The van der Waals surface area contributed by atoms with Crippen molar-refractivity contribution >= 4 is 19.8 Å². The van der Waals surface area contributed by atoms with Gasteiger partial charge in [-0.15, -0.1) is 0 Å². The maximum absolute atomic E-state index is 12.6. The molecule has 11 heteroatoms. The molecule has 3 unspecified atom stereocenters. The molecule has 0 fully saturated rings. The summed E-state index contributed by atoms with van der Waals surface area (Å²) in [5, 5.41) is 8.87. The Morgan fingerprint density at radius 2 is 1.09 bits per heavy atom. The van der Waals surface area contributed by atoms with Crippen LogP contribution in [0.25, 0.3) is 0 Å². The van der Waals surface area contributed by atoms with E-state index in [1.54, 1.807) is 0 Å². The van der Waals surface area contributed by atoms with Crippen LogP contribution in [0.15, 0.2) is 72.9 Å². The highest BCUT2D eigenvalue weighted by Crippen LogP contribution is 2.43. The van der Waals surface area contributed by atoms with Crippen molar-refractivity contribution in [1.82, 2.24) is 0 Å². The maximum Gasteiger partial charge on any atom is 0.472 e. The highest BCUT2D eigenvalue weighted by Gasteiger charge is 2.27. The smallest absolute Gasteiger partial charge is 0.472 e. The van der Waals surface area contributed by atoms with Crippen LogP contribution in [-0.4, -0.2) is 60.5 Å². The van der Waals surface area contributed by atoms with Crippen molar-refractivity contribution in [3.05, 3.63) is 72.9 Å². The fraction of sp³-hybridized carbons (Fsp3) is 0.667. The lowest BCUT2D eigenvalue weighted by Gasteiger charge is -2.20. The Morgan fingerprint density at radius 3 is 1.66 bits per heavy atom. The summed E-state index contributed by atoms with van der Waals surface area (Å²) in [6.45, 7) is 3.64. The Labute approximate surface area is 321 Å². The summed E-state index contributed by atoms with van der Waals surface area (Å²) in [5.74, 6) is -1.85. The summed E-state index contributed by atoms with van der Waals surface area (Å²) in [6, 6.07) is -1.49. The molecule has 304 valence electrons. The molecule has 53 heavy (non-hydrogen) atoms. The number of rotatable bonds is 37. The SMILES string of the molecule is CC/C=C\C/C=C\C/C=C\C/C=C\C/C=C\CCCC(=O)OC(COCCCCCCCC/C=C\CCCCCC)COP(=O)(O)OCC(N)C(=O)O. The molecule has 0 saturated carbocycles. The number of phosphoric acid groups is 1. The van der Waals surface area contributed by atoms with E-state index < -0.39 is 45.1 Å². The van der Waals surface area contributed by atoms with Crippen molar-refractivity contribution < 1.29 is 42.7 Å². The minimum absolute atomic E-state index is 0.0140. The second-order valence-electron chi connectivity index (χ2n) is 13.0. The van der Waals surface area contributed by atoms with Crippen LogP contribution < -0.4 is 5.73 Å². The van der Waals surface area contributed by atoms with Gasteiger partial charge in [-0.2, -0.15) is 0 Å². The fourth-order valence-electron chi connectivity index (χ4n) is 4.87. The van der Waals surface area contributed by atoms with Gasteiger partial charge in [0.2, 0.25) is 0 Å². The average Bonchev–Trinajstić information content (AvgIpc) is 3.13. The number of hydrogen-bond acceptors (Lipinski definition) is 8. The van der Waals surface area contributed by atoms with Crippen LogP contribution in [0.1, 0.15) is 142 Å². The number of carboxylic acid groups (broad SMARTS) is 1. The van der Waals surface area contributed by atoms with E-state index in [1.165, 1.54) is 51.4 Å². The third-order valence-corrected chi connectivity index (χ3v) is 8.92. The summed E-state index contributed by atoms with van der Waals surface area (Å²) < 4.78 is 33.2. The van der Waals surface area contributed by atoms with Gasteiger partial charge in [0, 0.05) is 13.0 Å². The highest BCUT2D eigenvalue weighted by molar-refractivity contribution is 7.47. The molecular formula is C42H72NO9P. The number of hydrogen-bond donors (Lipinski definition) is 3. The lowest BCUT2D eigenvalue weighted by atomic mass is 10.1. The zero-order valence-corrected chi connectivity index (χ0v) is 33.7. The number of carbonyl (C=O) groups excluding carboxylic acids is 1. The average molecular weight is 766 g/mol. The number of phosphoric ester groups is 1. The molecule has 0 spiro atoms. The molecule has 0 rings (SSSR count). The summed E-state index contributed by atoms with van der Waals surface area (Å²) in [4.78, 5) is 33.4. The lowest BCUT2D eigenvalue weighted by Crippen LogP contribution is -2.34. The number of ether oxygens (including phenoxy) is 2. The number of esters is 1. The summed E-state index contributed by atoms with van der Waals surface area (Å²) in [7, 11) is -4.63. The molecule has 0 saturated heterocycles. The highest BCUT2D eigenvalue weighted by atomic mass is 31.2. The Kier molecular flexibility index (Phi) is 35.9. The van der Waals surface area contributed by atoms with Gasteiger partial charge in [0.1, 0.15) is 12.1 Å². The van der Waals surface area contributed by atoms with Gasteiger partial charge in [0.15, 0.2) is 0 Å². The van der Waals surface area contributed by atoms with Crippen LogP contribution in [0.5, 0.6) is 0 Å². The van der Waals surface area contributed by atoms with Gasteiger partial charge < -0.3 is 25.2 Å². The Hall–Kier alpha value is -2.59. The van der Waals surface area contributed by atoms with Gasteiger partial charge in [-0.25, -0.2) is 4.57 Å². The Balaban J connectivity index is 4.42. The van der Waals surface area contributed by atoms with Crippen molar-refractivity contribution in [2.75, 3.05) is 26.4 Å². The molecule has 0 aromatic carbocycles. The van der Waals surface area contributed by atoms with Crippen LogP contribution >= 0.6 is 7.82 Å². The third kappa shape index (κ3) is 37.5. The molecule has 0 aliphatic carbocycles. The van der Waals surface area contributed by atoms with E-state index in [-0.39, 0.29) is 13.0 Å². The van der Waals surface area contributed by atoms with Gasteiger partial charge >= 0.3 is 19.8 Å². The van der Waals surface area contributed by atoms with E-state index in [4.69, 9.17) is 24.8 Å². The predicted molar refractivity (Wildman–Crippen MR) is 217 cm³/mol. The first kappa shape index (κ1) is 50.4. The largest absolute Gasteiger partial charge is 0.480 e. The van der Waals surface area contributed by atoms with Crippen molar-refractivity contribution in [3.8, 4) is 0 Å². The molecule has 0 bridgehead atoms. The lowest BCUT2D eigenvalue weighted by molar-refractivity contribution is -0.154. The molecule has 0 heterocycles. The van der Waals surface area contributed by atoms with Crippen molar-refractivity contribution in [3.63, 3.8) is 0 Å². The maximum atomic E-state index is 12.6. The first-order valence-electron chi connectivity index (χ1n) is 20.0. The molecule has 0 aliphatic heterocycles. The van der Waals surface area contributed by atoms with Crippen LogP contribution in [0.4, 0.5) is 0 Å². The van der Waals surface area contributed by atoms with Crippen molar-refractivity contribution in [1.29, 1.82) is 0 Å². The van der Waals surface area contributed by atoms with Crippen LogP contribution in [0.3, 0.4) is 0 Å². The quantitative estimate of drug-likeness (QED) is 0.0241. The first-order chi connectivity index (χ1) is 25.7. The summed E-state index contributed by atoms with van der Waals surface area (Å²) in [5.41, 5.74) is 5.34. The number of allylic oxidation sites excluding steroid dienone is 12. The topological polar surface area (TPSA) is 155 Å². The summed E-state index contributed by atoms with van der Waals surface area (Å²) >= 11 is 0. The molecule has 0 aromatic rings. The molecule has 0 aromatic heterocycles. The second kappa shape index (κ2) is 37.7. The molecular weight excluding hydrogens is 693 g/mol. The number of carboxylic acids is 1. The molecule has 4 N–H and O–H groups in total. The predicted octanol–water partition coefficient (Wildman–Crippen LogP) is 10.6. The molecule has 0 radical (unpaired) electrons. The fourth-order valence-corrected chi connectivity index (χ4v) is 5.65. The Bertz CT molecular complexity index is 1120. The van der Waals surface area contributed by atoms with E-state index >= 15 is 0 Å². The van der Waals surface area contributed by atoms with Gasteiger partial charge in [-0.05, 0) is 77.0 Å². The van der Waals surface area contributed by atoms with Gasteiger partial charge in [0.25, 0.3) is 0 Å². The Morgan fingerprint density at radius 1 is 0.623 bits per heavy atom. The van der Waals surface area contributed by atoms with Crippen LogP contribution in [0.2, 0.25) is 0 Å². The van der Waals surface area contributed by atoms with E-state index in [9.17, 15) is 19.0 Å². The third-order valence-electron chi connectivity index (χ3n) is 7.97. The van der Waals surface area contributed by atoms with Crippen LogP contribution in [-0.2, 0) is 32.7 Å². The molecule has 0 amide bonds. The second-order valence-corrected chi connectivity index (χ2v) is 14.5. The van der Waals surface area contributed by atoms with E-state index in [0.29, 0.717) is 19.4 Å². The first-order valence-corrected chi connectivity index (χ1v) is 21.5. The van der Waals surface area contributed by atoms with Crippen molar-refractivity contribution in [2.45, 2.75) is 154 Å². The van der Waals surface area contributed by atoms with E-state index in [2.05, 4.69) is 85.2 Å². The zero-order valence-electron chi connectivity index (χ0n) is 32.8. The van der Waals surface area contributed by atoms with Crippen LogP contribution in [0, 0.1) is 0 Å². The molecule has 0 aliphatic rings. The number of unbranched alkanes of at least 4 members (excludes halogenated alkanes) is 11. The molecule has 10 nitrogen and oxygen atoms in total. The number of carbonyl (C=O) groups is 2. The van der Waals surface area contributed by atoms with Crippen molar-refractivity contribution in [2.24, 2.45) is 5.73 Å². The van der Waals surface area contributed by atoms with E-state index in [0.717, 1.165) is 57.8 Å². The number of nitrogens with two attached hydrogens (primary N) is 1. The van der Waals surface area contributed by atoms with Gasteiger partial charge in [-0.1, -0.05) is 132 Å². The molecule has 3 atom stereocenters. The van der Waals surface area contributed by atoms with E-state index in [1.807, 2.05) is 6.08 Å². The van der Waals surface area contributed by atoms with Gasteiger partial charge in [0.05, 0.1) is 19.8 Å². The van der Waals surface area contributed by atoms with Gasteiger partial charge in [-0.3, -0.25) is 18.6 Å². The zero-order chi connectivity index (χ0) is 39.1. The normalized spacial score (nSPS) is 14.8. The summed E-state index contributed by atoms with van der Waals surface area (Å²) in [6.07, 6.45) is 45.3. The number of aliphatic carboxylic acids is 1.